The molecule has 2 saturated heterocycles. The van der Waals surface area contributed by atoms with E-state index in [4.69, 9.17) is 0 Å². The molecule has 2 aliphatic heterocycles. The maximum atomic E-state index is 12.3. The molecule has 3 rings (SSSR count). The van der Waals surface area contributed by atoms with Gasteiger partial charge >= 0.3 is 0 Å². The highest BCUT2D eigenvalue weighted by Gasteiger charge is 2.32. The molecule has 2 amide bonds. The number of pyridine rings is 1. The van der Waals surface area contributed by atoms with Gasteiger partial charge < -0.3 is 10.2 Å². The summed E-state index contributed by atoms with van der Waals surface area (Å²) in [4.78, 5) is 31.8. The highest BCUT2D eigenvalue weighted by atomic mass is 16.2. The highest BCUT2D eigenvalue weighted by Crippen LogP contribution is 2.15. The van der Waals surface area contributed by atoms with Gasteiger partial charge in [-0.2, -0.15) is 0 Å². The monoisotopic (exact) mass is 288 g/mol. The molecule has 6 nitrogen and oxygen atoms in total. The van der Waals surface area contributed by atoms with Gasteiger partial charge in [-0.3, -0.25) is 19.5 Å². The number of hydrogen-bond acceptors (Lipinski definition) is 4. The molecule has 0 saturated carbocycles. The predicted molar refractivity (Wildman–Crippen MR) is 77.2 cm³/mol. The van der Waals surface area contributed by atoms with Crippen LogP contribution in [0.2, 0.25) is 0 Å². The van der Waals surface area contributed by atoms with E-state index < -0.39 is 0 Å². The van der Waals surface area contributed by atoms with Gasteiger partial charge in [-0.1, -0.05) is 0 Å². The van der Waals surface area contributed by atoms with Gasteiger partial charge in [0.1, 0.15) is 0 Å². The largest absolute Gasteiger partial charge is 0.355 e. The zero-order valence-corrected chi connectivity index (χ0v) is 12.0. The van der Waals surface area contributed by atoms with E-state index >= 15 is 0 Å². The lowest BCUT2D eigenvalue weighted by Gasteiger charge is -2.35. The van der Waals surface area contributed by atoms with Crippen LogP contribution < -0.4 is 5.32 Å². The van der Waals surface area contributed by atoms with Crippen molar-refractivity contribution in [2.45, 2.75) is 13.0 Å². The lowest BCUT2D eigenvalue weighted by Crippen LogP contribution is -2.50. The Balaban J connectivity index is 1.49. The van der Waals surface area contributed by atoms with Crippen molar-refractivity contribution in [3.63, 3.8) is 0 Å². The van der Waals surface area contributed by atoms with Crippen LogP contribution in [0.25, 0.3) is 0 Å². The second-order valence-corrected chi connectivity index (χ2v) is 5.66. The molecule has 0 bridgehead atoms. The Kier molecular flexibility index (Phi) is 4.15. The van der Waals surface area contributed by atoms with E-state index in [2.05, 4.69) is 15.2 Å². The Hall–Kier alpha value is -1.95. The molecule has 2 aliphatic rings. The molecule has 112 valence electrons. The second-order valence-electron chi connectivity index (χ2n) is 5.66. The molecule has 1 aromatic rings. The first kappa shape index (κ1) is 14.0. The van der Waals surface area contributed by atoms with Gasteiger partial charge in [0.25, 0.3) is 0 Å². The van der Waals surface area contributed by atoms with E-state index in [0.29, 0.717) is 13.0 Å². The smallest absolute Gasteiger partial charge is 0.228 e. The van der Waals surface area contributed by atoms with Gasteiger partial charge in [0.2, 0.25) is 11.8 Å². The van der Waals surface area contributed by atoms with Crippen molar-refractivity contribution in [2.75, 3.05) is 32.7 Å². The third-order valence-electron chi connectivity index (χ3n) is 4.17. The minimum Gasteiger partial charge on any atom is -0.355 e. The van der Waals surface area contributed by atoms with Crippen LogP contribution in [0.5, 0.6) is 0 Å². The minimum absolute atomic E-state index is 0.00956. The highest BCUT2D eigenvalue weighted by molar-refractivity contribution is 5.89. The summed E-state index contributed by atoms with van der Waals surface area (Å²) in [5.41, 5.74) is 1.25. The first-order chi connectivity index (χ1) is 10.2. The Morgan fingerprint density at radius 1 is 1.24 bits per heavy atom. The maximum absolute atomic E-state index is 12.3. The van der Waals surface area contributed by atoms with Gasteiger partial charge in [0, 0.05) is 58.1 Å². The van der Waals surface area contributed by atoms with E-state index in [1.165, 1.54) is 5.56 Å². The van der Waals surface area contributed by atoms with E-state index in [0.717, 1.165) is 32.7 Å². The summed E-state index contributed by atoms with van der Waals surface area (Å²) in [6.45, 7) is 4.64. The summed E-state index contributed by atoms with van der Waals surface area (Å²) in [6, 6.07) is 4.04. The number of aromatic nitrogens is 1. The molecular formula is C15H20N4O2. The van der Waals surface area contributed by atoms with Gasteiger partial charge in [-0.25, -0.2) is 0 Å². The van der Waals surface area contributed by atoms with E-state index in [-0.39, 0.29) is 17.7 Å². The molecule has 6 heteroatoms. The molecule has 0 aromatic carbocycles. The van der Waals surface area contributed by atoms with Crippen molar-refractivity contribution in [3.8, 4) is 0 Å². The number of nitrogens with zero attached hydrogens (tertiary/aromatic N) is 3. The Morgan fingerprint density at radius 2 is 1.95 bits per heavy atom. The maximum Gasteiger partial charge on any atom is 0.228 e. The zero-order chi connectivity index (χ0) is 14.7. The van der Waals surface area contributed by atoms with Gasteiger partial charge in [0.15, 0.2) is 0 Å². The first-order valence-corrected chi connectivity index (χ1v) is 7.39. The SMILES string of the molecule is O=C1CC(C(=O)N2CCN(Cc3ccncc3)CC2)CN1. The summed E-state index contributed by atoms with van der Waals surface area (Å²) in [5, 5.41) is 2.73. The second kappa shape index (κ2) is 6.22. The molecule has 1 aromatic heterocycles. The number of carbonyl (C=O) groups is 2. The van der Waals surface area contributed by atoms with Crippen molar-refractivity contribution in [1.82, 2.24) is 20.1 Å². The van der Waals surface area contributed by atoms with Crippen LogP contribution in [-0.4, -0.2) is 59.3 Å². The average Bonchev–Trinajstić information content (AvgIpc) is 2.95. The van der Waals surface area contributed by atoms with Crippen LogP contribution >= 0.6 is 0 Å². The van der Waals surface area contributed by atoms with Crippen molar-refractivity contribution >= 4 is 11.8 Å². The molecule has 3 heterocycles. The van der Waals surface area contributed by atoms with Crippen molar-refractivity contribution in [2.24, 2.45) is 5.92 Å². The fraction of sp³-hybridized carbons (Fsp3) is 0.533. The Bertz CT molecular complexity index is 512. The van der Waals surface area contributed by atoms with Crippen LogP contribution in [0.15, 0.2) is 24.5 Å². The van der Waals surface area contributed by atoms with Crippen molar-refractivity contribution < 1.29 is 9.59 Å². The van der Waals surface area contributed by atoms with E-state index in [9.17, 15) is 9.59 Å². The third kappa shape index (κ3) is 3.39. The van der Waals surface area contributed by atoms with Crippen molar-refractivity contribution in [3.05, 3.63) is 30.1 Å². The van der Waals surface area contributed by atoms with Crippen molar-refractivity contribution in [1.29, 1.82) is 0 Å². The Labute approximate surface area is 124 Å². The van der Waals surface area contributed by atoms with Gasteiger partial charge in [-0.05, 0) is 17.7 Å². The number of hydrogen-bond donors (Lipinski definition) is 1. The molecule has 21 heavy (non-hydrogen) atoms. The fourth-order valence-corrected chi connectivity index (χ4v) is 2.91. The van der Waals surface area contributed by atoms with Crippen LogP contribution in [-0.2, 0) is 16.1 Å². The fourth-order valence-electron chi connectivity index (χ4n) is 2.91. The molecule has 2 fully saturated rings. The van der Waals surface area contributed by atoms with Gasteiger partial charge in [0.05, 0.1) is 5.92 Å². The molecular weight excluding hydrogens is 268 g/mol. The summed E-state index contributed by atoms with van der Waals surface area (Å²) in [6.07, 6.45) is 3.95. The number of nitrogens with one attached hydrogen (secondary N) is 1. The Morgan fingerprint density at radius 3 is 2.57 bits per heavy atom. The molecule has 1 atom stereocenters. The average molecular weight is 288 g/mol. The molecule has 1 unspecified atom stereocenters. The van der Waals surface area contributed by atoms with E-state index in [1.54, 1.807) is 12.4 Å². The molecule has 1 N–H and O–H groups in total. The molecule has 0 radical (unpaired) electrons. The summed E-state index contributed by atoms with van der Waals surface area (Å²) in [7, 11) is 0. The standard InChI is InChI=1S/C15H20N4O2/c20-14-9-13(10-17-14)15(21)19-7-5-18(6-8-19)11-12-1-3-16-4-2-12/h1-4,13H,5-11H2,(H,17,20). The lowest BCUT2D eigenvalue weighted by atomic mass is 10.1. The third-order valence-corrected chi connectivity index (χ3v) is 4.17. The zero-order valence-electron chi connectivity index (χ0n) is 12.0. The van der Waals surface area contributed by atoms with E-state index in [1.807, 2.05) is 17.0 Å². The van der Waals surface area contributed by atoms with Crippen LogP contribution in [0.3, 0.4) is 0 Å². The topological polar surface area (TPSA) is 65.5 Å². The summed E-state index contributed by atoms with van der Waals surface area (Å²) < 4.78 is 0. The quantitative estimate of drug-likeness (QED) is 0.841. The van der Waals surface area contributed by atoms with Gasteiger partial charge in [-0.15, -0.1) is 0 Å². The number of amides is 2. The summed E-state index contributed by atoms with van der Waals surface area (Å²) >= 11 is 0. The number of piperazine rings is 1. The first-order valence-electron chi connectivity index (χ1n) is 7.39. The summed E-state index contributed by atoms with van der Waals surface area (Å²) in [5.74, 6) is -0.0502. The minimum atomic E-state index is -0.163. The predicted octanol–water partition coefficient (Wildman–Crippen LogP) is -0.138. The molecule has 0 spiro atoms. The number of rotatable bonds is 3. The normalized spacial score (nSPS) is 23.1. The van der Waals surface area contributed by atoms with Crippen LogP contribution in [0.1, 0.15) is 12.0 Å². The lowest BCUT2D eigenvalue weighted by molar-refractivity contribution is -0.137. The number of carbonyl (C=O) groups excluding carboxylic acids is 2. The van der Waals surface area contributed by atoms with Crippen LogP contribution in [0, 0.1) is 5.92 Å². The molecule has 0 aliphatic carbocycles. The van der Waals surface area contributed by atoms with Crippen LogP contribution in [0.4, 0.5) is 0 Å².